The number of rotatable bonds is 6. The Morgan fingerprint density at radius 1 is 1.24 bits per heavy atom. The van der Waals surface area contributed by atoms with E-state index in [4.69, 9.17) is 4.42 Å². The molecule has 2 heterocycles. The average Bonchev–Trinajstić information content (AvgIpc) is 3.19. The smallest absolute Gasteiger partial charge is 0.134 e. The van der Waals surface area contributed by atoms with Crippen molar-refractivity contribution in [3.63, 3.8) is 0 Å². The number of halogens is 3. The number of benzene rings is 1. The lowest BCUT2D eigenvalue weighted by Gasteiger charge is -2.22. The quantitative estimate of drug-likeness (QED) is 0.636. The van der Waals surface area contributed by atoms with Crippen LogP contribution in [0.4, 0.5) is 0 Å². The van der Waals surface area contributed by atoms with Crippen LogP contribution in [0.1, 0.15) is 31.1 Å². The molecule has 1 atom stereocenters. The first-order valence-corrected chi connectivity index (χ1v) is 9.26. The Morgan fingerprint density at radius 3 is 2.76 bits per heavy atom. The van der Waals surface area contributed by atoms with Gasteiger partial charge in [0, 0.05) is 22.6 Å². The van der Waals surface area contributed by atoms with Crippen LogP contribution in [-0.2, 0) is 6.54 Å². The predicted molar refractivity (Wildman–Crippen MR) is 113 cm³/mol. The minimum atomic E-state index is 0. The molecule has 3 nitrogen and oxygen atoms in total. The maximum Gasteiger partial charge on any atom is 0.134 e. The molecule has 1 aromatic heterocycles. The molecule has 0 aliphatic carbocycles. The van der Waals surface area contributed by atoms with E-state index in [-0.39, 0.29) is 24.8 Å². The van der Waals surface area contributed by atoms with Crippen molar-refractivity contribution >= 4 is 40.7 Å². The van der Waals surface area contributed by atoms with Crippen LogP contribution in [0.3, 0.4) is 0 Å². The second-order valence-electron chi connectivity index (χ2n) is 6.29. The van der Waals surface area contributed by atoms with E-state index in [0.717, 1.165) is 41.2 Å². The Hall–Kier alpha value is -0.520. The lowest BCUT2D eigenvalue weighted by molar-refractivity contribution is 0.258. The molecule has 1 saturated heterocycles. The second-order valence-corrected chi connectivity index (χ2v) is 7.14. The molecule has 1 aliphatic rings. The first kappa shape index (κ1) is 22.5. The van der Waals surface area contributed by atoms with Crippen molar-refractivity contribution in [2.75, 3.05) is 19.6 Å². The molecule has 0 bridgehead atoms. The Kier molecular flexibility index (Phi) is 9.54. The van der Waals surface area contributed by atoms with E-state index in [1.807, 2.05) is 0 Å². The number of hydrogen-bond acceptors (Lipinski definition) is 3. The zero-order chi connectivity index (χ0) is 16.2. The van der Waals surface area contributed by atoms with Crippen molar-refractivity contribution in [3.8, 4) is 11.3 Å². The van der Waals surface area contributed by atoms with Gasteiger partial charge >= 0.3 is 0 Å². The van der Waals surface area contributed by atoms with Gasteiger partial charge in [-0.05, 0) is 62.7 Å². The second kappa shape index (κ2) is 10.6. The summed E-state index contributed by atoms with van der Waals surface area (Å²) in [7, 11) is 0. The monoisotopic (exact) mass is 448 g/mol. The van der Waals surface area contributed by atoms with E-state index in [1.54, 1.807) is 0 Å². The Bertz CT molecular complexity index is 663. The molecule has 0 saturated carbocycles. The average molecular weight is 450 g/mol. The molecule has 1 unspecified atom stereocenters. The fourth-order valence-corrected chi connectivity index (χ4v) is 3.58. The minimum absolute atomic E-state index is 0. The minimum Gasteiger partial charge on any atom is -0.460 e. The largest absolute Gasteiger partial charge is 0.460 e. The summed E-state index contributed by atoms with van der Waals surface area (Å²) >= 11 is 3.54. The SMILES string of the molecule is CCN1CCCC1CNCc1ccc(-c2ccc(Br)c(C)c2)o1.Cl.Cl. The van der Waals surface area contributed by atoms with Crippen molar-refractivity contribution < 1.29 is 4.42 Å². The standard InChI is InChI=1S/C19H25BrN2O.2ClH/c1-3-22-10-4-5-16(22)12-21-13-17-7-9-19(23-17)15-6-8-18(20)14(2)11-15;;/h6-9,11,16,21H,3-5,10,12-13H2,1-2H3;2*1H. The zero-order valence-electron chi connectivity index (χ0n) is 14.8. The lowest BCUT2D eigenvalue weighted by Crippen LogP contribution is -2.37. The van der Waals surface area contributed by atoms with Gasteiger partial charge in [-0.1, -0.05) is 28.9 Å². The highest BCUT2D eigenvalue weighted by atomic mass is 79.9. The van der Waals surface area contributed by atoms with Crippen LogP contribution in [0, 0.1) is 6.92 Å². The van der Waals surface area contributed by atoms with Gasteiger partial charge in [0.15, 0.2) is 0 Å². The molecule has 1 N–H and O–H groups in total. The van der Waals surface area contributed by atoms with E-state index < -0.39 is 0 Å². The Labute approximate surface area is 171 Å². The topological polar surface area (TPSA) is 28.4 Å². The van der Waals surface area contributed by atoms with Crippen molar-refractivity contribution in [3.05, 3.63) is 46.1 Å². The van der Waals surface area contributed by atoms with Crippen LogP contribution >= 0.6 is 40.7 Å². The van der Waals surface area contributed by atoms with Crippen LogP contribution in [0.25, 0.3) is 11.3 Å². The summed E-state index contributed by atoms with van der Waals surface area (Å²) in [4.78, 5) is 2.56. The molecular formula is C19H27BrCl2N2O. The van der Waals surface area contributed by atoms with E-state index in [9.17, 15) is 0 Å². The van der Waals surface area contributed by atoms with Crippen LogP contribution < -0.4 is 5.32 Å². The third kappa shape index (κ3) is 5.73. The Balaban J connectivity index is 0.00000156. The van der Waals surface area contributed by atoms with Gasteiger partial charge in [-0.15, -0.1) is 24.8 Å². The highest BCUT2D eigenvalue weighted by Crippen LogP contribution is 2.26. The molecule has 140 valence electrons. The van der Waals surface area contributed by atoms with Crippen LogP contribution in [0.15, 0.2) is 39.2 Å². The van der Waals surface area contributed by atoms with E-state index in [2.05, 4.69) is 70.3 Å². The van der Waals surface area contributed by atoms with Crippen LogP contribution in [-0.4, -0.2) is 30.6 Å². The fourth-order valence-electron chi connectivity index (χ4n) is 3.33. The number of furan rings is 1. The first-order valence-electron chi connectivity index (χ1n) is 8.47. The highest BCUT2D eigenvalue weighted by Gasteiger charge is 2.22. The number of likely N-dealkylation sites (N-methyl/N-ethyl adjacent to an activating group) is 1. The van der Waals surface area contributed by atoms with Crippen molar-refractivity contribution in [1.82, 2.24) is 10.2 Å². The van der Waals surface area contributed by atoms with Crippen molar-refractivity contribution in [2.45, 2.75) is 39.3 Å². The number of nitrogens with one attached hydrogen (secondary N) is 1. The summed E-state index contributed by atoms with van der Waals surface area (Å²) in [5.74, 6) is 1.94. The molecule has 0 amide bonds. The van der Waals surface area contributed by atoms with E-state index >= 15 is 0 Å². The van der Waals surface area contributed by atoms with Gasteiger partial charge in [-0.3, -0.25) is 4.90 Å². The number of likely N-dealkylation sites (tertiary alicyclic amines) is 1. The number of nitrogens with zero attached hydrogens (tertiary/aromatic N) is 1. The summed E-state index contributed by atoms with van der Waals surface area (Å²) in [5, 5.41) is 3.55. The zero-order valence-corrected chi connectivity index (χ0v) is 18.0. The van der Waals surface area contributed by atoms with Gasteiger partial charge in [0.2, 0.25) is 0 Å². The molecule has 1 aromatic carbocycles. The molecule has 25 heavy (non-hydrogen) atoms. The number of aryl methyl sites for hydroxylation is 1. The molecule has 2 aromatic rings. The Morgan fingerprint density at radius 2 is 2.04 bits per heavy atom. The maximum atomic E-state index is 5.99. The molecule has 1 aliphatic heterocycles. The van der Waals surface area contributed by atoms with E-state index in [1.165, 1.54) is 24.9 Å². The van der Waals surface area contributed by atoms with Gasteiger partial charge in [0.1, 0.15) is 11.5 Å². The molecule has 0 radical (unpaired) electrons. The maximum absolute atomic E-state index is 5.99. The highest BCUT2D eigenvalue weighted by molar-refractivity contribution is 9.10. The van der Waals surface area contributed by atoms with Crippen LogP contribution in [0.5, 0.6) is 0 Å². The van der Waals surface area contributed by atoms with Gasteiger partial charge in [0.05, 0.1) is 6.54 Å². The molecule has 1 fully saturated rings. The number of hydrogen-bond donors (Lipinski definition) is 1. The summed E-state index contributed by atoms with van der Waals surface area (Å²) < 4.78 is 7.12. The lowest BCUT2D eigenvalue weighted by atomic mass is 10.1. The predicted octanol–water partition coefficient (Wildman–Crippen LogP) is 5.44. The van der Waals surface area contributed by atoms with Gasteiger partial charge in [0.25, 0.3) is 0 Å². The molecule has 6 heteroatoms. The van der Waals surface area contributed by atoms with Gasteiger partial charge in [-0.2, -0.15) is 0 Å². The fraction of sp³-hybridized carbons (Fsp3) is 0.474. The third-order valence-electron chi connectivity index (χ3n) is 4.69. The molecule has 3 rings (SSSR count). The summed E-state index contributed by atoms with van der Waals surface area (Å²) in [6.45, 7) is 8.58. The van der Waals surface area contributed by atoms with E-state index in [0.29, 0.717) is 6.04 Å². The van der Waals surface area contributed by atoms with Crippen molar-refractivity contribution in [2.24, 2.45) is 0 Å². The normalized spacial score (nSPS) is 17.2. The van der Waals surface area contributed by atoms with Crippen LogP contribution in [0.2, 0.25) is 0 Å². The van der Waals surface area contributed by atoms with Gasteiger partial charge < -0.3 is 9.73 Å². The third-order valence-corrected chi connectivity index (χ3v) is 5.58. The summed E-state index contributed by atoms with van der Waals surface area (Å²) in [6.07, 6.45) is 2.64. The molecular weight excluding hydrogens is 423 g/mol. The summed E-state index contributed by atoms with van der Waals surface area (Å²) in [6, 6.07) is 11.1. The van der Waals surface area contributed by atoms with Gasteiger partial charge in [-0.25, -0.2) is 0 Å². The summed E-state index contributed by atoms with van der Waals surface area (Å²) in [5.41, 5.74) is 2.35. The first-order chi connectivity index (χ1) is 11.2. The molecule has 0 spiro atoms. The van der Waals surface area contributed by atoms with Crippen molar-refractivity contribution in [1.29, 1.82) is 0 Å².